The minimum Gasteiger partial charge on any atom is -0.317 e. The fourth-order valence-electron chi connectivity index (χ4n) is 2.24. The molecule has 1 aliphatic heterocycles. The Labute approximate surface area is 96.0 Å². The summed E-state index contributed by atoms with van der Waals surface area (Å²) in [4.78, 5) is 3.96. The maximum absolute atomic E-state index is 4.23. The lowest BCUT2D eigenvalue weighted by molar-refractivity contribution is 0.158. The van der Waals surface area contributed by atoms with Gasteiger partial charge in [0.25, 0.3) is 0 Å². The van der Waals surface area contributed by atoms with Gasteiger partial charge < -0.3 is 5.32 Å². The molecular formula is C10H20N6. The van der Waals surface area contributed by atoms with Gasteiger partial charge in [0.15, 0.2) is 5.82 Å². The van der Waals surface area contributed by atoms with Crippen molar-refractivity contribution >= 4 is 0 Å². The molecule has 1 saturated heterocycles. The highest BCUT2D eigenvalue weighted by molar-refractivity contribution is 4.83. The summed E-state index contributed by atoms with van der Waals surface area (Å²) in [6.07, 6.45) is 2.43. The Bertz CT molecular complexity index is 317. The smallest absolute Gasteiger partial charge is 0.188 e. The maximum atomic E-state index is 4.23. The van der Waals surface area contributed by atoms with Crippen molar-refractivity contribution in [2.75, 3.05) is 19.6 Å². The summed E-state index contributed by atoms with van der Waals surface area (Å²) in [5, 5.41) is 15.5. The maximum Gasteiger partial charge on any atom is 0.188 e. The Morgan fingerprint density at radius 1 is 1.44 bits per heavy atom. The van der Waals surface area contributed by atoms with E-state index in [1.165, 1.54) is 17.6 Å². The Balaban J connectivity index is 1.94. The summed E-state index contributed by atoms with van der Waals surface area (Å²) < 4.78 is 0. The first kappa shape index (κ1) is 11.5. The number of nitrogens with one attached hydrogen (secondary N) is 1. The second-order valence-electron chi connectivity index (χ2n) is 4.24. The zero-order chi connectivity index (χ0) is 11.4. The van der Waals surface area contributed by atoms with E-state index in [2.05, 4.69) is 32.6 Å². The van der Waals surface area contributed by atoms with Gasteiger partial charge in [0, 0.05) is 6.04 Å². The number of nitrogens with zero attached hydrogens (tertiary/aromatic N) is 5. The van der Waals surface area contributed by atoms with E-state index < -0.39 is 0 Å². The Hall–Kier alpha value is -1.01. The van der Waals surface area contributed by atoms with Crippen molar-refractivity contribution in [1.82, 2.24) is 30.4 Å². The molecule has 16 heavy (non-hydrogen) atoms. The average molecular weight is 224 g/mol. The quantitative estimate of drug-likeness (QED) is 0.766. The molecule has 0 spiro atoms. The molecule has 2 heterocycles. The number of hydrogen-bond donors (Lipinski definition) is 1. The lowest BCUT2D eigenvalue weighted by atomic mass is 10.0. The molecule has 0 amide bonds. The number of rotatable bonds is 4. The van der Waals surface area contributed by atoms with Crippen LogP contribution in [0.5, 0.6) is 0 Å². The van der Waals surface area contributed by atoms with E-state index in [4.69, 9.17) is 0 Å². The van der Waals surface area contributed by atoms with Crippen molar-refractivity contribution in [3.8, 4) is 0 Å². The van der Waals surface area contributed by atoms with Crippen LogP contribution in [0.3, 0.4) is 0 Å². The van der Waals surface area contributed by atoms with Crippen LogP contribution in [0.15, 0.2) is 0 Å². The molecule has 6 nitrogen and oxygen atoms in total. The molecule has 1 aromatic rings. The van der Waals surface area contributed by atoms with Gasteiger partial charge in [0.05, 0.1) is 13.6 Å². The second-order valence-corrected chi connectivity index (χ2v) is 4.24. The third kappa shape index (κ3) is 2.76. The largest absolute Gasteiger partial charge is 0.317 e. The zero-order valence-electron chi connectivity index (χ0n) is 10.1. The molecule has 0 saturated carbocycles. The number of piperidine rings is 1. The van der Waals surface area contributed by atoms with Gasteiger partial charge >= 0.3 is 0 Å². The molecule has 1 N–H and O–H groups in total. The van der Waals surface area contributed by atoms with E-state index in [0.29, 0.717) is 6.04 Å². The first-order chi connectivity index (χ1) is 7.79. The van der Waals surface area contributed by atoms with Crippen LogP contribution in [0.25, 0.3) is 0 Å². The summed E-state index contributed by atoms with van der Waals surface area (Å²) in [6, 6.07) is 0.662. The first-order valence-corrected chi connectivity index (χ1v) is 5.97. The van der Waals surface area contributed by atoms with Crippen molar-refractivity contribution in [2.45, 2.75) is 32.4 Å². The molecule has 0 radical (unpaired) electrons. The summed E-state index contributed by atoms with van der Waals surface area (Å²) in [5.74, 6) is 0.822. The molecule has 0 aromatic carbocycles. The monoisotopic (exact) mass is 224 g/mol. The van der Waals surface area contributed by atoms with Gasteiger partial charge in [-0.05, 0) is 37.7 Å². The molecule has 6 heteroatoms. The Morgan fingerprint density at radius 2 is 2.19 bits per heavy atom. The van der Waals surface area contributed by atoms with Gasteiger partial charge in [-0.1, -0.05) is 6.92 Å². The van der Waals surface area contributed by atoms with E-state index in [-0.39, 0.29) is 0 Å². The standard InChI is InChI=1S/C10H20N6/c1-3-16(9-4-6-11-7-5-9)8-10-12-14-15(2)13-10/h9,11H,3-8H2,1-2H3. The highest BCUT2D eigenvalue weighted by Crippen LogP contribution is 2.13. The van der Waals surface area contributed by atoms with Crippen molar-refractivity contribution in [2.24, 2.45) is 7.05 Å². The van der Waals surface area contributed by atoms with Crippen LogP contribution < -0.4 is 5.32 Å². The minimum atomic E-state index is 0.662. The Morgan fingerprint density at radius 3 is 2.75 bits per heavy atom. The molecule has 90 valence electrons. The fourth-order valence-corrected chi connectivity index (χ4v) is 2.24. The SMILES string of the molecule is CCN(Cc1nnn(C)n1)C1CCNCC1. The summed E-state index contributed by atoms with van der Waals surface area (Å²) >= 11 is 0. The normalized spacial score (nSPS) is 18.2. The molecule has 0 bridgehead atoms. The van der Waals surface area contributed by atoms with Gasteiger partial charge in [-0.2, -0.15) is 4.80 Å². The molecular weight excluding hydrogens is 204 g/mol. The third-order valence-electron chi connectivity index (χ3n) is 3.13. The summed E-state index contributed by atoms with van der Waals surface area (Å²) in [6.45, 7) is 6.29. The molecule has 1 aliphatic rings. The molecule has 2 rings (SSSR count). The van der Waals surface area contributed by atoms with E-state index in [1.54, 1.807) is 7.05 Å². The van der Waals surface area contributed by atoms with E-state index in [0.717, 1.165) is 32.0 Å². The van der Waals surface area contributed by atoms with Crippen molar-refractivity contribution in [3.05, 3.63) is 5.82 Å². The van der Waals surface area contributed by atoms with Crippen LogP contribution in [0.2, 0.25) is 0 Å². The molecule has 1 fully saturated rings. The van der Waals surface area contributed by atoms with Gasteiger partial charge in [-0.3, -0.25) is 4.90 Å². The molecule has 1 aromatic heterocycles. The van der Waals surface area contributed by atoms with E-state index in [1.807, 2.05) is 0 Å². The molecule has 0 atom stereocenters. The van der Waals surface area contributed by atoms with Crippen LogP contribution in [0.1, 0.15) is 25.6 Å². The predicted octanol–water partition coefficient (Wildman–Crippen LogP) is -0.216. The number of hydrogen-bond acceptors (Lipinski definition) is 5. The third-order valence-corrected chi connectivity index (χ3v) is 3.13. The van der Waals surface area contributed by atoms with Crippen molar-refractivity contribution in [1.29, 1.82) is 0 Å². The van der Waals surface area contributed by atoms with Gasteiger partial charge in [-0.25, -0.2) is 0 Å². The van der Waals surface area contributed by atoms with E-state index >= 15 is 0 Å². The lowest BCUT2D eigenvalue weighted by Crippen LogP contribution is -2.42. The molecule has 0 unspecified atom stereocenters. The predicted molar refractivity (Wildman–Crippen MR) is 60.8 cm³/mol. The van der Waals surface area contributed by atoms with Crippen LogP contribution in [0, 0.1) is 0 Å². The minimum absolute atomic E-state index is 0.662. The lowest BCUT2D eigenvalue weighted by Gasteiger charge is -2.32. The number of tetrazole rings is 1. The summed E-state index contributed by atoms with van der Waals surface area (Å²) in [5.41, 5.74) is 0. The van der Waals surface area contributed by atoms with Crippen LogP contribution >= 0.6 is 0 Å². The highest BCUT2D eigenvalue weighted by Gasteiger charge is 2.20. The van der Waals surface area contributed by atoms with Crippen molar-refractivity contribution in [3.63, 3.8) is 0 Å². The number of aromatic nitrogens is 4. The van der Waals surface area contributed by atoms with Gasteiger partial charge in [0.2, 0.25) is 0 Å². The molecule has 0 aliphatic carbocycles. The van der Waals surface area contributed by atoms with Crippen LogP contribution in [-0.4, -0.2) is 50.8 Å². The first-order valence-electron chi connectivity index (χ1n) is 5.97. The van der Waals surface area contributed by atoms with Crippen LogP contribution in [0.4, 0.5) is 0 Å². The fraction of sp³-hybridized carbons (Fsp3) is 0.900. The van der Waals surface area contributed by atoms with Gasteiger partial charge in [-0.15, -0.1) is 10.2 Å². The second kappa shape index (κ2) is 5.36. The topological polar surface area (TPSA) is 58.9 Å². The average Bonchev–Trinajstić information content (AvgIpc) is 2.73. The van der Waals surface area contributed by atoms with Crippen molar-refractivity contribution < 1.29 is 0 Å². The highest BCUT2D eigenvalue weighted by atomic mass is 15.6. The van der Waals surface area contributed by atoms with Gasteiger partial charge in [0.1, 0.15) is 0 Å². The van der Waals surface area contributed by atoms with Crippen LogP contribution in [-0.2, 0) is 13.6 Å². The Kier molecular flexibility index (Phi) is 3.84. The zero-order valence-corrected chi connectivity index (χ0v) is 10.1. The summed E-state index contributed by atoms with van der Waals surface area (Å²) in [7, 11) is 1.80. The number of aryl methyl sites for hydroxylation is 1. The van der Waals surface area contributed by atoms with E-state index in [9.17, 15) is 0 Å².